The number of aryl methyl sites for hydroxylation is 2. The van der Waals surface area contributed by atoms with Gasteiger partial charge in [-0.25, -0.2) is 0 Å². The van der Waals surface area contributed by atoms with E-state index in [1.54, 1.807) is 0 Å². The van der Waals surface area contributed by atoms with Crippen LogP contribution in [0.1, 0.15) is 46.2 Å². The quantitative estimate of drug-likeness (QED) is 0.114. The third-order valence-electron chi connectivity index (χ3n) is 8.65. The zero-order valence-corrected chi connectivity index (χ0v) is 23.6. The molecule has 0 aromatic heterocycles. The summed E-state index contributed by atoms with van der Waals surface area (Å²) in [6, 6.07) is 36.5. The van der Waals surface area contributed by atoms with Crippen molar-refractivity contribution in [2.75, 3.05) is 39.6 Å². The van der Waals surface area contributed by atoms with Crippen LogP contribution < -0.4 is 0 Å². The first-order valence-electron chi connectivity index (χ1n) is 15.1. The molecule has 210 valence electrons. The fraction of sp³-hybridized carbons (Fsp3) is 0.351. The molecule has 0 spiro atoms. The zero-order chi connectivity index (χ0) is 27.5. The fourth-order valence-electron chi connectivity index (χ4n) is 6.38. The van der Waals surface area contributed by atoms with Gasteiger partial charge in [0.1, 0.15) is 12.2 Å². The van der Waals surface area contributed by atoms with E-state index in [2.05, 4.69) is 97.1 Å². The van der Waals surface area contributed by atoms with Crippen molar-refractivity contribution in [3.05, 3.63) is 130 Å². The van der Waals surface area contributed by atoms with E-state index >= 15 is 0 Å². The molecule has 0 bridgehead atoms. The molecule has 2 unspecified atom stereocenters. The summed E-state index contributed by atoms with van der Waals surface area (Å²) < 4.78 is 22.0. The van der Waals surface area contributed by atoms with Crippen molar-refractivity contribution < 1.29 is 18.9 Å². The first-order valence-corrected chi connectivity index (χ1v) is 15.1. The van der Waals surface area contributed by atoms with Gasteiger partial charge in [0.25, 0.3) is 0 Å². The Morgan fingerprint density at radius 3 is 1.39 bits per heavy atom. The molecule has 2 saturated heterocycles. The highest BCUT2D eigenvalue weighted by molar-refractivity contribution is 5.86. The first-order chi connectivity index (χ1) is 20.3. The van der Waals surface area contributed by atoms with Crippen LogP contribution in [0.3, 0.4) is 0 Å². The molecule has 2 aliphatic heterocycles. The van der Waals surface area contributed by atoms with Gasteiger partial charge in [-0.05, 0) is 70.2 Å². The molecule has 2 heterocycles. The molecule has 0 saturated carbocycles. The molecule has 7 rings (SSSR count). The van der Waals surface area contributed by atoms with E-state index in [9.17, 15) is 0 Å². The average Bonchev–Trinajstić information content (AvgIpc) is 3.96. The molecule has 3 aliphatic rings. The van der Waals surface area contributed by atoms with Gasteiger partial charge >= 0.3 is 0 Å². The maximum atomic E-state index is 5.76. The van der Waals surface area contributed by atoms with E-state index in [1.807, 2.05) is 0 Å². The van der Waals surface area contributed by atoms with Crippen LogP contribution in [0, 0.1) is 0 Å². The highest BCUT2D eigenvalue weighted by atomic mass is 16.6. The van der Waals surface area contributed by atoms with Gasteiger partial charge < -0.3 is 18.9 Å². The van der Waals surface area contributed by atoms with Gasteiger partial charge in [0.05, 0.1) is 31.8 Å². The smallest absolute Gasteiger partial charge is 0.104 e. The Hall–Kier alpha value is -3.28. The third kappa shape index (κ3) is 5.62. The van der Waals surface area contributed by atoms with Crippen LogP contribution in [0.25, 0.3) is 11.1 Å². The number of hydrogen-bond donors (Lipinski definition) is 0. The number of hydrogen-bond acceptors (Lipinski definition) is 4. The van der Waals surface area contributed by atoms with Crippen molar-refractivity contribution in [1.29, 1.82) is 0 Å². The second-order valence-corrected chi connectivity index (χ2v) is 11.5. The molecule has 0 amide bonds. The molecule has 2 fully saturated rings. The minimum atomic E-state index is -0.356. The summed E-state index contributed by atoms with van der Waals surface area (Å²) in [4.78, 5) is 0. The lowest BCUT2D eigenvalue weighted by Crippen LogP contribution is -2.28. The lowest BCUT2D eigenvalue weighted by molar-refractivity contribution is 0.114. The van der Waals surface area contributed by atoms with Crippen LogP contribution in [0.4, 0.5) is 0 Å². The largest absolute Gasteiger partial charge is 0.379 e. The van der Waals surface area contributed by atoms with E-state index in [-0.39, 0.29) is 5.41 Å². The molecule has 4 heteroatoms. The minimum Gasteiger partial charge on any atom is -0.379 e. The Balaban J connectivity index is 1.16. The summed E-state index contributed by atoms with van der Waals surface area (Å²) in [7, 11) is 0. The lowest BCUT2D eigenvalue weighted by atomic mass is 9.67. The molecule has 2 atom stereocenters. The topological polar surface area (TPSA) is 43.5 Å². The van der Waals surface area contributed by atoms with Crippen LogP contribution in [0.5, 0.6) is 0 Å². The van der Waals surface area contributed by atoms with Crippen molar-refractivity contribution >= 4 is 0 Å². The Labute approximate surface area is 243 Å². The number of ether oxygens (including phenoxy) is 4. The van der Waals surface area contributed by atoms with Crippen LogP contribution in [0.2, 0.25) is 0 Å². The van der Waals surface area contributed by atoms with E-state index < -0.39 is 0 Å². The van der Waals surface area contributed by atoms with Gasteiger partial charge in [0.2, 0.25) is 0 Å². The van der Waals surface area contributed by atoms with E-state index in [4.69, 9.17) is 18.9 Å². The predicted octanol–water partition coefficient (Wildman–Crippen LogP) is 6.75. The van der Waals surface area contributed by atoms with Gasteiger partial charge in [-0.15, -0.1) is 0 Å². The summed E-state index contributed by atoms with van der Waals surface area (Å²) in [5, 5.41) is 0. The maximum absolute atomic E-state index is 5.76. The van der Waals surface area contributed by atoms with Gasteiger partial charge in [-0.3, -0.25) is 0 Å². The van der Waals surface area contributed by atoms with Gasteiger partial charge in [0.15, 0.2) is 0 Å². The summed E-state index contributed by atoms with van der Waals surface area (Å²) in [6.07, 6.45) is 4.72. The Bertz CT molecular complexity index is 1340. The molecule has 1 aliphatic carbocycles. The van der Waals surface area contributed by atoms with Gasteiger partial charge in [-0.2, -0.15) is 0 Å². The van der Waals surface area contributed by atoms with Crippen LogP contribution in [0.15, 0.2) is 97.1 Å². The highest BCUT2D eigenvalue weighted by Gasteiger charge is 2.45. The van der Waals surface area contributed by atoms with E-state index in [0.717, 1.165) is 65.3 Å². The summed E-state index contributed by atoms with van der Waals surface area (Å²) in [6.45, 7) is 4.71. The number of epoxide rings is 2. The monoisotopic (exact) mass is 546 g/mol. The fourth-order valence-corrected chi connectivity index (χ4v) is 6.38. The Kier molecular flexibility index (Phi) is 7.73. The first kappa shape index (κ1) is 26.6. The SMILES string of the molecule is c1ccc2c(c1)-c1ccccc1C2(c1ccc(CCCOCC2CO2)cc1)c1ccc(CCCOCC2CO2)cc1. The molecular weight excluding hydrogens is 508 g/mol. The Morgan fingerprint density at radius 2 is 0.976 bits per heavy atom. The summed E-state index contributed by atoms with van der Waals surface area (Å²) >= 11 is 0. The summed E-state index contributed by atoms with van der Waals surface area (Å²) in [5.74, 6) is 0. The lowest BCUT2D eigenvalue weighted by Gasteiger charge is -2.34. The molecule has 4 aromatic rings. The van der Waals surface area contributed by atoms with Crippen molar-refractivity contribution in [2.24, 2.45) is 0 Å². The van der Waals surface area contributed by atoms with E-state index in [1.165, 1.54) is 44.5 Å². The molecule has 0 radical (unpaired) electrons. The second-order valence-electron chi connectivity index (χ2n) is 11.5. The van der Waals surface area contributed by atoms with Crippen molar-refractivity contribution in [3.8, 4) is 11.1 Å². The summed E-state index contributed by atoms with van der Waals surface area (Å²) in [5.41, 5.74) is 10.3. The third-order valence-corrected chi connectivity index (χ3v) is 8.65. The number of benzene rings is 4. The molecule has 0 N–H and O–H groups in total. The van der Waals surface area contributed by atoms with Gasteiger partial charge in [0, 0.05) is 13.2 Å². The number of fused-ring (bicyclic) bond motifs is 3. The minimum absolute atomic E-state index is 0.332. The van der Waals surface area contributed by atoms with E-state index in [0.29, 0.717) is 12.2 Å². The number of rotatable bonds is 14. The Morgan fingerprint density at radius 1 is 0.561 bits per heavy atom. The zero-order valence-electron chi connectivity index (χ0n) is 23.6. The maximum Gasteiger partial charge on any atom is 0.104 e. The van der Waals surface area contributed by atoms with Gasteiger partial charge in [-0.1, -0.05) is 97.1 Å². The molecule has 4 nitrogen and oxygen atoms in total. The van der Waals surface area contributed by atoms with Crippen LogP contribution in [-0.4, -0.2) is 51.8 Å². The standard InChI is InChI=1S/C37H38O4/c1-3-11-35-33(9-1)34-10-2-4-12-36(34)37(35,29-17-13-27(14-18-29)7-5-21-38-23-31-25-40-31)30-19-15-28(16-20-30)8-6-22-39-24-32-26-41-32/h1-4,9-20,31-32H,5-8,21-26H2. The molecule has 4 aromatic carbocycles. The van der Waals surface area contributed by atoms with Crippen LogP contribution in [-0.2, 0) is 37.2 Å². The van der Waals surface area contributed by atoms with Crippen molar-refractivity contribution in [2.45, 2.75) is 43.3 Å². The molecule has 41 heavy (non-hydrogen) atoms. The predicted molar refractivity (Wildman–Crippen MR) is 162 cm³/mol. The highest BCUT2D eigenvalue weighted by Crippen LogP contribution is 2.55. The van der Waals surface area contributed by atoms with Crippen molar-refractivity contribution in [1.82, 2.24) is 0 Å². The normalized spacial score (nSPS) is 19.5. The molecular formula is C37H38O4. The van der Waals surface area contributed by atoms with Crippen LogP contribution >= 0.6 is 0 Å². The second kappa shape index (κ2) is 11.9. The average molecular weight is 547 g/mol. The van der Waals surface area contributed by atoms with Crippen molar-refractivity contribution in [3.63, 3.8) is 0 Å².